The fourth-order valence-corrected chi connectivity index (χ4v) is 3.02. The topological polar surface area (TPSA) is 17.1 Å². The number of Topliss-reactive ketones (excluding diaryl/α,β-unsaturated/α-hetero) is 1. The summed E-state index contributed by atoms with van der Waals surface area (Å²) >= 11 is 0. The summed E-state index contributed by atoms with van der Waals surface area (Å²) in [7, 11) is 0. The van der Waals surface area contributed by atoms with Gasteiger partial charge in [0.25, 0.3) is 0 Å². The molecule has 17 heavy (non-hydrogen) atoms. The van der Waals surface area contributed by atoms with Crippen molar-refractivity contribution in [2.45, 2.75) is 65.2 Å². The summed E-state index contributed by atoms with van der Waals surface area (Å²) in [5.41, 5.74) is 2.54. The fraction of sp³-hybridized carbons (Fsp3) is 0.688. The Morgan fingerprint density at radius 3 is 2.53 bits per heavy atom. The average molecular weight is 232 g/mol. The molecular formula is C16H24O. The molecule has 2 aliphatic carbocycles. The molecule has 2 rings (SSSR count). The summed E-state index contributed by atoms with van der Waals surface area (Å²) in [4.78, 5) is 12.2. The Balaban J connectivity index is 2.30. The van der Waals surface area contributed by atoms with E-state index in [1.54, 1.807) is 0 Å². The van der Waals surface area contributed by atoms with E-state index in [9.17, 15) is 4.79 Å². The maximum absolute atomic E-state index is 12.2. The van der Waals surface area contributed by atoms with Crippen molar-refractivity contribution in [1.29, 1.82) is 0 Å². The van der Waals surface area contributed by atoms with Crippen molar-refractivity contribution in [2.24, 2.45) is 5.41 Å². The van der Waals surface area contributed by atoms with E-state index in [0.29, 0.717) is 5.78 Å². The molecule has 0 saturated heterocycles. The Bertz CT molecular complexity index is 358. The second-order valence-electron chi connectivity index (χ2n) is 5.89. The van der Waals surface area contributed by atoms with Crippen molar-refractivity contribution in [3.63, 3.8) is 0 Å². The van der Waals surface area contributed by atoms with E-state index in [2.05, 4.69) is 26.0 Å². The van der Waals surface area contributed by atoms with Gasteiger partial charge in [0.2, 0.25) is 0 Å². The Labute approximate surface area is 105 Å². The first-order chi connectivity index (χ1) is 8.12. The molecule has 0 aliphatic heterocycles. The lowest BCUT2D eigenvalue weighted by Crippen LogP contribution is -2.26. The van der Waals surface area contributed by atoms with Crippen LogP contribution in [0, 0.1) is 5.41 Å². The zero-order chi connectivity index (χ0) is 12.3. The van der Waals surface area contributed by atoms with Crippen LogP contribution in [-0.4, -0.2) is 5.78 Å². The molecule has 0 atom stereocenters. The van der Waals surface area contributed by atoms with E-state index in [0.717, 1.165) is 19.3 Å². The number of ketones is 1. The minimum absolute atomic E-state index is 0.257. The smallest absolute Gasteiger partial charge is 0.142 e. The second kappa shape index (κ2) is 5.20. The Morgan fingerprint density at radius 1 is 0.941 bits per heavy atom. The van der Waals surface area contributed by atoms with Gasteiger partial charge in [0, 0.05) is 11.8 Å². The van der Waals surface area contributed by atoms with Gasteiger partial charge in [-0.25, -0.2) is 0 Å². The van der Waals surface area contributed by atoms with Crippen LogP contribution in [0.3, 0.4) is 0 Å². The van der Waals surface area contributed by atoms with Crippen LogP contribution in [0.25, 0.3) is 0 Å². The first-order valence-electron chi connectivity index (χ1n) is 7.06. The quantitative estimate of drug-likeness (QED) is 0.646. The van der Waals surface area contributed by atoms with Crippen LogP contribution in [0.15, 0.2) is 23.3 Å². The van der Waals surface area contributed by atoms with E-state index in [1.165, 1.54) is 43.3 Å². The molecule has 1 heteroatoms. The van der Waals surface area contributed by atoms with Gasteiger partial charge in [-0.05, 0) is 63.5 Å². The van der Waals surface area contributed by atoms with Crippen LogP contribution < -0.4 is 0 Å². The van der Waals surface area contributed by atoms with Crippen LogP contribution >= 0.6 is 0 Å². The Morgan fingerprint density at radius 2 is 1.71 bits per heavy atom. The molecule has 94 valence electrons. The number of rotatable bonds is 1. The van der Waals surface area contributed by atoms with E-state index in [4.69, 9.17) is 0 Å². The van der Waals surface area contributed by atoms with Crippen molar-refractivity contribution >= 4 is 5.78 Å². The molecule has 0 fully saturated rings. The van der Waals surface area contributed by atoms with Crippen molar-refractivity contribution < 1.29 is 4.79 Å². The molecule has 0 saturated carbocycles. The van der Waals surface area contributed by atoms with Gasteiger partial charge in [0.15, 0.2) is 0 Å². The number of carbonyl (C=O) groups is 1. The van der Waals surface area contributed by atoms with E-state index in [-0.39, 0.29) is 5.41 Å². The predicted octanol–water partition coefficient (Wildman–Crippen LogP) is 4.58. The highest BCUT2D eigenvalue weighted by molar-refractivity contribution is 5.88. The van der Waals surface area contributed by atoms with Crippen LogP contribution in [0.4, 0.5) is 0 Å². The normalized spacial score (nSPS) is 25.6. The maximum atomic E-state index is 12.2. The molecule has 0 N–H and O–H groups in total. The van der Waals surface area contributed by atoms with Crippen molar-refractivity contribution in [1.82, 2.24) is 0 Å². The maximum Gasteiger partial charge on any atom is 0.142 e. The number of hydrogen-bond acceptors (Lipinski definition) is 1. The molecule has 0 amide bonds. The SMILES string of the molecule is CC1(C)C(=O)CCCC=C1C1=CCCCCC1. The predicted molar refractivity (Wildman–Crippen MR) is 71.9 cm³/mol. The lowest BCUT2D eigenvalue weighted by atomic mass is 9.75. The van der Waals surface area contributed by atoms with Gasteiger partial charge >= 0.3 is 0 Å². The fourth-order valence-electron chi connectivity index (χ4n) is 3.02. The first-order valence-corrected chi connectivity index (χ1v) is 7.06. The summed E-state index contributed by atoms with van der Waals surface area (Å²) < 4.78 is 0. The second-order valence-corrected chi connectivity index (χ2v) is 5.89. The van der Waals surface area contributed by atoms with Crippen molar-refractivity contribution in [3.05, 3.63) is 23.3 Å². The Kier molecular flexibility index (Phi) is 3.86. The summed E-state index contributed by atoms with van der Waals surface area (Å²) in [5, 5.41) is 0. The van der Waals surface area contributed by atoms with Crippen LogP contribution in [-0.2, 0) is 4.79 Å². The average Bonchev–Trinajstić information content (AvgIpc) is 2.61. The van der Waals surface area contributed by atoms with Crippen LogP contribution in [0.1, 0.15) is 65.2 Å². The van der Waals surface area contributed by atoms with Gasteiger partial charge in [-0.1, -0.05) is 18.6 Å². The van der Waals surface area contributed by atoms with Crippen molar-refractivity contribution in [3.8, 4) is 0 Å². The third-order valence-corrected chi connectivity index (χ3v) is 4.21. The van der Waals surface area contributed by atoms with E-state index < -0.39 is 0 Å². The molecule has 0 aromatic carbocycles. The van der Waals surface area contributed by atoms with Gasteiger partial charge in [-0.15, -0.1) is 0 Å². The highest BCUT2D eigenvalue weighted by atomic mass is 16.1. The largest absolute Gasteiger partial charge is 0.299 e. The van der Waals surface area contributed by atoms with Crippen molar-refractivity contribution in [2.75, 3.05) is 0 Å². The lowest BCUT2D eigenvalue weighted by Gasteiger charge is -2.27. The molecule has 0 spiro atoms. The molecule has 0 radical (unpaired) electrons. The minimum atomic E-state index is -0.257. The van der Waals surface area contributed by atoms with Gasteiger partial charge in [-0.2, -0.15) is 0 Å². The molecule has 1 nitrogen and oxygen atoms in total. The molecule has 0 heterocycles. The number of hydrogen-bond donors (Lipinski definition) is 0. The molecule has 0 bridgehead atoms. The van der Waals surface area contributed by atoms with Gasteiger partial charge in [-0.3, -0.25) is 4.79 Å². The third-order valence-electron chi connectivity index (χ3n) is 4.21. The standard InChI is InChI=1S/C16H24O/c1-16(2)14(11-7-8-12-15(16)17)13-9-5-3-4-6-10-13/h9,11H,3-8,10,12H2,1-2H3. The summed E-state index contributed by atoms with van der Waals surface area (Å²) in [6.07, 6.45) is 13.9. The molecule has 0 aromatic heterocycles. The zero-order valence-corrected chi connectivity index (χ0v) is 11.2. The summed E-state index contributed by atoms with van der Waals surface area (Å²) in [6.45, 7) is 4.22. The molecule has 0 aromatic rings. The van der Waals surface area contributed by atoms with Gasteiger partial charge in [0.1, 0.15) is 5.78 Å². The Hall–Kier alpha value is -0.850. The minimum Gasteiger partial charge on any atom is -0.299 e. The lowest BCUT2D eigenvalue weighted by molar-refractivity contribution is -0.125. The third kappa shape index (κ3) is 2.70. The molecule has 2 aliphatic rings. The first kappa shape index (κ1) is 12.6. The molecule has 0 unspecified atom stereocenters. The highest BCUT2D eigenvalue weighted by Gasteiger charge is 2.34. The highest BCUT2D eigenvalue weighted by Crippen LogP contribution is 2.39. The zero-order valence-electron chi connectivity index (χ0n) is 11.2. The van der Waals surface area contributed by atoms with E-state index >= 15 is 0 Å². The van der Waals surface area contributed by atoms with Crippen LogP contribution in [0.5, 0.6) is 0 Å². The van der Waals surface area contributed by atoms with E-state index in [1.807, 2.05) is 0 Å². The van der Waals surface area contributed by atoms with Crippen LogP contribution in [0.2, 0.25) is 0 Å². The van der Waals surface area contributed by atoms with Gasteiger partial charge < -0.3 is 0 Å². The summed E-state index contributed by atoms with van der Waals surface area (Å²) in [6, 6.07) is 0. The van der Waals surface area contributed by atoms with Gasteiger partial charge in [0.05, 0.1) is 0 Å². The number of allylic oxidation sites excluding steroid dienone is 4. The number of carbonyl (C=O) groups excluding carboxylic acids is 1. The monoisotopic (exact) mass is 232 g/mol. The molecular weight excluding hydrogens is 208 g/mol. The summed E-state index contributed by atoms with van der Waals surface area (Å²) in [5.74, 6) is 0.423.